The monoisotopic (exact) mass is 218 g/mol. The van der Waals surface area contributed by atoms with Crippen LogP contribution in [-0.2, 0) is 0 Å². The summed E-state index contributed by atoms with van der Waals surface area (Å²) in [5.74, 6) is 0.472. The molecule has 0 unspecified atom stereocenters. The number of hydrogen-bond acceptors (Lipinski definition) is 4. The molecule has 0 radical (unpaired) electrons. The third-order valence-corrected chi connectivity index (χ3v) is 1.82. The molecule has 16 heavy (non-hydrogen) atoms. The Kier molecular flexibility index (Phi) is 2.64. The van der Waals surface area contributed by atoms with Gasteiger partial charge in [-0.2, -0.15) is 0 Å². The van der Waals surface area contributed by atoms with Crippen LogP contribution in [0.25, 0.3) is 11.5 Å². The fourth-order valence-electron chi connectivity index (χ4n) is 1.21. The molecule has 2 rings (SSSR count). The Labute approximate surface area is 94.3 Å². The van der Waals surface area contributed by atoms with Crippen LogP contribution in [0.2, 0.25) is 0 Å². The second kappa shape index (κ2) is 3.96. The molecule has 0 amide bonds. The maximum atomic E-state index is 5.46. The zero-order valence-electron chi connectivity index (χ0n) is 9.60. The minimum atomic E-state index is -0.333. The zero-order chi connectivity index (χ0) is 11.6. The average molecular weight is 218 g/mol. The maximum absolute atomic E-state index is 5.46. The number of ether oxygens (including phenoxy) is 1. The van der Waals surface area contributed by atoms with E-state index in [-0.39, 0.29) is 11.7 Å². The summed E-state index contributed by atoms with van der Waals surface area (Å²) in [6, 6.07) is 9.60. The van der Waals surface area contributed by atoms with Gasteiger partial charge in [0.05, 0.1) is 0 Å². The summed E-state index contributed by atoms with van der Waals surface area (Å²) in [6.07, 6.45) is 0.200. The molecule has 0 bridgehead atoms. The van der Waals surface area contributed by atoms with Gasteiger partial charge in [0.1, 0.15) is 5.60 Å². The Morgan fingerprint density at radius 1 is 1.06 bits per heavy atom. The quantitative estimate of drug-likeness (QED) is 0.777. The lowest BCUT2D eigenvalue weighted by molar-refractivity contribution is 0.0881. The van der Waals surface area contributed by atoms with Crippen LogP contribution in [0.3, 0.4) is 0 Å². The molecule has 4 heteroatoms. The molecule has 2 aromatic rings. The van der Waals surface area contributed by atoms with E-state index >= 15 is 0 Å². The van der Waals surface area contributed by atoms with E-state index in [0.717, 1.165) is 5.56 Å². The van der Waals surface area contributed by atoms with Gasteiger partial charge in [0.25, 0.3) is 5.89 Å². The summed E-state index contributed by atoms with van der Waals surface area (Å²) in [5, 5.41) is 7.77. The van der Waals surface area contributed by atoms with Crippen molar-refractivity contribution in [3.8, 4) is 17.5 Å². The molecule has 0 aliphatic heterocycles. The van der Waals surface area contributed by atoms with Crippen molar-refractivity contribution >= 4 is 0 Å². The third kappa shape index (κ3) is 2.59. The molecule has 0 aliphatic carbocycles. The highest BCUT2D eigenvalue weighted by molar-refractivity contribution is 5.51. The van der Waals surface area contributed by atoms with Gasteiger partial charge >= 0.3 is 6.08 Å². The minimum absolute atomic E-state index is 0.200. The molecule has 0 fully saturated rings. The fourth-order valence-corrected chi connectivity index (χ4v) is 1.21. The van der Waals surface area contributed by atoms with E-state index in [9.17, 15) is 0 Å². The highest BCUT2D eigenvalue weighted by Crippen LogP contribution is 2.22. The number of nitrogens with zero attached hydrogens (tertiary/aromatic N) is 2. The van der Waals surface area contributed by atoms with Crippen molar-refractivity contribution in [3.63, 3.8) is 0 Å². The normalized spacial score (nSPS) is 11.4. The Balaban J connectivity index is 2.21. The summed E-state index contributed by atoms with van der Waals surface area (Å²) >= 11 is 0. The maximum Gasteiger partial charge on any atom is 0.415 e. The number of hydrogen-bond donors (Lipinski definition) is 0. The van der Waals surface area contributed by atoms with Crippen LogP contribution in [0.15, 0.2) is 34.7 Å². The topological polar surface area (TPSA) is 48.2 Å². The number of rotatable bonds is 2. The van der Waals surface area contributed by atoms with Crippen molar-refractivity contribution in [2.75, 3.05) is 0 Å². The van der Waals surface area contributed by atoms with Crippen LogP contribution in [0.4, 0.5) is 0 Å². The van der Waals surface area contributed by atoms with Gasteiger partial charge in [-0.25, -0.2) is 0 Å². The molecule has 0 aliphatic rings. The van der Waals surface area contributed by atoms with Gasteiger partial charge in [-0.1, -0.05) is 23.3 Å². The van der Waals surface area contributed by atoms with Crippen LogP contribution in [0, 0.1) is 0 Å². The van der Waals surface area contributed by atoms with Crippen molar-refractivity contribution < 1.29 is 9.15 Å². The van der Waals surface area contributed by atoms with E-state index in [2.05, 4.69) is 10.2 Å². The lowest BCUT2D eigenvalue weighted by Gasteiger charge is -2.16. The molecule has 1 aromatic heterocycles. The molecule has 0 saturated carbocycles. The first kappa shape index (κ1) is 10.7. The summed E-state index contributed by atoms with van der Waals surface area (Å²) in [7, 11) is 0. The van der Waals surface area contributed by atoms with E-state index in [1.165, 1.54) is 0 Å². The molecule has 0 saturated heterocycles. The molecule has 84 valence electrons. The Morgan fingerprint density at radius 2 is 1.75 bits per heavy atom. The molecule has 1 heterocycles. The van der Waals surface area contributed by atoms with E-state index in [1.54, 1.807) is 0 Å². The highest BCUT2D eigenvalue weighted by Gasteiger charge is 2.17. The van der Waals surface area contributed by atoms with Crippen molar-refractivity contribution in [2.24, 2.45) is 0 Å². The molecule has 4 nitrogen and oxygen atoms in total. The van der Waals surface area contributed by atoms with Crippen molar-refractivity contribution in [1.82, 2.24) is 10.2 Å². The fraction of sp³-hybridized carbons (Fsp3) is 0.333. The summed E-state index contributed by atoms with van der Waals surface area (Å²) in [6.45, 7) is 5.79. The van der Waals surface area contributed by atoms with Gasteiger partial charge in [0.15, 0.2) is 0 Å². The first-order valence-corrected chi connectivity index (χ1v) is 5.12. The Bertz CT molecular complexity index is 457. The number of aromatic nitrogens is 2. The van der Waals surface area contributed by atoms with Gasteiger partial charge in [-0.05, 0) is 32.9 Å². The van der Waals surface area contributed by atoms with Crippen LogP contribution in [0.5, 0.6) is 6.08 Å². The second-order valence-electron chi connectivity index (χ2n) is 4.45. The molecule has 1 aromatic carbocycles. The van der Waals surface area contributed by atoms with Crippen LogP contribution >= 0.6 is 0 Å². The molecule has 0 atom stereocenters. The predicted octanol–water partition coefficient (Wildman–Crippen LogP) is 2.91. The van der Waals surface area contributed by atoms with Crippen LogP contribution < -0.4 is 4.74 Å². The molecular formula is C12H14N2O2. The van der Waals surface area contributed by atoms with Crippen LogP contribution in [0.1, 0.15) is 20.8 Å². The Hall–Kier alpha value is -1.84. The van der Waals surface area contributed by atoms with E-state index in [1.807, 2.05) is 51.1 Å². The van der Waals surface area contributed by atoms with Crippen molar-refractivity contribution in [3.05, 3.63) is 30.3 Å². The summed E-state index contributed by atoms with van der Waals surface area (Å²) in [4.78, 5) is 0. The van der Waals surface area contributed by atoms with Gasteiger partial charge in [0, 0.05) is 5.56 Å². The second-order valence-corrected chi connectivity index (χ2v) is 4.45. The molecular weight excluding hydrogens is 204 g/mol. The highest BCUT2D eigenvalue weighted by atomic mass is 16.6. The lowest BCUT2D eigenvalue weighted by Crippen LogP contribution is -2.23. The summed E-state index contributed by atoms with van der Waals surface area (Å²) < 4.78 is 10.9. The predicted molar refractivity (Wildman–Crippen MR) is 60.1 cm³/mol. The first-order chi connectivity index (χ1) is 7.54. The van der Waals surface area contributed by atoms with Crippen LogP contribution in [-0.4, -0.2) is 15.8 Å². The number of benzene rings is 1. The minimum Gasteiger partial charge on any atom is -0.443 e. The molecule has 0 spiro atoms. The van der Waals surface area contributed by atoms with Gasteiger partial charge < -0.3 is 9.15 Å². The van der Waals surface area contributed by atoms with Gasteiger partial charge in [0.2, 0.25) is 0 Å². The smallest absolute Gasteiger partial charge is 0.415 e. The van der Waals surface area contributed by atoms with E-state index in [4.69, 9.17) is 9.15 Å². The van der Waals surface area contributed by atoms with Crippen molar-refractivity contribution in [1.29, 1.82) is 0 Å². The average Bonchev–Trinajstić information content (AvgIpc) is 2.65. The third-order valence-electron chi connectivity index (χ3n) is 1.82. The van der Waals surface area contributed by atoms with Crippen molar-refractivity contribution in [2.45, 2.75) is 26.4 Å². The first-order valence-electron chi connectivity index (χ1n) is 5.12. The SMILES string of the molecule is CC(C)(C)Oc1nnc(-c2ccccc2)o1. The van der Waals surface area contributed by atoms with E-state index < -0.39 is 0 Å². The van der Waals surface area contributed by atoms with Gasteiger partial charge in [-0.3, -0.25) is 0 Å². The Morgan fingerprint density at radius 3 is 2.38 bits per heavy atom. The summed E-state index contributed by atoms with van der Waals surface area (Å²) in [5.41, 5.74) is 0.555. The van der Waals surface area contributed by atoms with E-state index in [0.29, 0.717) is 5.89 Å². The largest absolute Gasteiger partial charge is 0.443 e. The molecule has 0 N–H and O–H groups in total. The van der Waals surface area contributed by atoms with Gasteiger partial charge in [-0.15, -0.1) is 5.10 Å². The standard InChI is InChI=1S/C12H14N2O2/c1-12(2,3)16-11-14-13-10(15-11)9-7-5-4-6-8-9/h4-8H,1-3H3. The zero-order valence-corrected chi connectivity index (χ0v) is 9.60. The lowest BCUT2D eigenvalue weighted by atomic mass is 10.2.